The molecule has 5 aliphatic heterocycles. The Bertz CT molecular complexity index is 1380. The SMILES string of the molecule is CC1(C)CCOc2c(C(=O)NC3CN4C(N)=N[C@@H](CNS(=O)(=O)N5CCCC5)C5N=C(N)NC54[C@@H]3O)cccc21. The zero-order valence-electron chi connectivity index (χ0n) is 22.6. The molecule has 0 saturated carbocycles. The van der Waals surface area contributed by atoms with Gasteiger partial charge in [-0.2, -0.15) is 17.4 Å². The van der Waals surface area contributed by atoms with Crippen molar-refractivity contribution in [1.29, 1.82) is 0 Å². The van der Waals surface area contributed by atoms with Crippen LogP contribution in [0.15, 0.2) is 28.2 Å². The van der Waals surface area contributed by atoms with Gasteiger partial charge in [-0.3, -0.25) is 4.79 Å². The van der Waals surface area contributed by atoms with Crippen LogP contribution in [0.3, 0.4) is 0 Å². The molecule has 1 aromatic carbocycles. The van der Waals surface area contributed by atoms with Crippen molar-refractivity contribution in [2.45, 2.75) is 68.4 Å². The number of rotatable bonds is 6. The summed E-state index contributed by atoms with van der Waals surface area (Å²) in [6.07, 6.45) is 1.27. The molecule has 1 aromatic rings. The number of nitrogens with one attached hydrogen (secondary N) is 3. The standard InChI is InChI=1S/C25H37N9O5S/c1-24(2)8-11-39-18-14(6-5-7-15(18)24)21(36)29-17-13-34-23(27)30-16(12-28-40(37,38)33-9-3-4-10-33)19-25(34,20(17)35)32-22(26)31-19/h5-7,16-17,19-20,28,35H,3-4,8-13H2,1-2H3,(H2,27,30)(H,29,36)(H3,26,31,32)/t16-,17?,19?,20+,25?/m0/s1. The zero-order chi connectivity index (χ0) is 28.4. The summed E-state index contributed by atoms with van der Waals surface area (Å²) in [4.78, 5) is 24.2. The van der Waals surface area contributed by atoms with Gasteiger partial charge in [-0.05, 0) is 30.7 Å². The second-order valence-corrected chi connectivity index (χ2v) is 13.5. The number of fused-ring (bicyclic) bond motifs is 1. The van der Waals surface area contributed by atoms with Crippen molar-refractivity contribution in [2.75, 3.05) is 32.8 Å². The molecular formula is C25H37N9O5S. The molecule has 14 nitrogen and oxygen atoms in total. The third-order valence-electron chi connectivity index (χ3n) is 8.81. The van der Waals surface area contributed by atoms with Crippen molar-refractivity contribution < 1.29 is 23.1 Å². The van der Waals surface area contributed by atoms with Crippen LogP contribution in [0.1, 0.15) is 49.0 Å². The number of guanidine groups is 2. The van der Waals surface area contributed by atoms with Crippen molar-refractivity contribution in [2.24, 2.45) is 21.5 Å². The molecule has 5 heterocycles. The lowest BCUT2D eigenvalue weighted by Crippen LogP contribution is -2.73. The molecule has 6 rings (SSSR count). The summed E-state index contributed by atoms with van der Waals surface area (Å²) in [5.41, 5.74) is 12.4. The summed E-state index contributed by atoms with van der Waals surface area (Å²) in [6, 6.07) is 3.26. The summed E-state index contributed by atoms with van der Waals surface area (Å²) in [5, 5.41) is 17.7. The third-order valence-corrected chi connectivity index (χ3v) is 10.4. The largest absolute Gasteiger partial charge is 0.492 e. The quantitative estimate of drug-likeness (QED) is 0.225. The lowest BCUT2D eigenvalue weighted by Gasteiger charge is -2.46. The first-order valence-electron chi connectivity index (χ1n) is 13.7. The number of nitrogens with zero attached hydrogens (tertiary/aromatic N) is 4. The van der Waals surface area contributed by atoms with E-state index in [1.54, 1.807) is 11.0 Å². The van der Waals surface area contributed by atoms with Crippen LogP contribution in [0.2, 0.25) is 0 Å². The minimum absolute atomic E-state index is 0.0751. The van der Waals surface area contributed by atoms with Gasteiger partial charge in [0.15, 0.2) is 17.6 Å². The second-order valence-electron chi connectivity index (χ2n) is 11.7. The van der Waals surface area contributed by atoms with Crippen molar-refractivity contribution in [3.05, 3.63) is 29.3 Å². The van der Waals surface area contributed by atoms with Crippen LogP contribution in [-0.2, 0) is 15.6 Å². The van der Waals surface area contributed by atoms with Crippen LogP contribution in [0.5, 0.6) is 5.75 Å². The van der Waals surface area contributed by atoms with E-state index in [-0.39, 0.29) is 36.3 Å². The van der Waals surface area contributed by atoms with Crippen LogP contribution in [-0.4, -0.2) is 103 Å². The Hall–Kier alpha value is -3.14. The number of ether oxygens (including phenoxy) is 1. The fourth-order valence-corrected chi connectivity index (χ4v) is 7.91. The first-order valence-corrected chi connectivity index (χ1v) is 15.1. The predicted octanol–water partition coefficient (Wildman–Crippen LogP) is -1.87. The Morgan fingerprint density at radius 1 is 1.25 bits per heavy atom. The molecule has 0 aliphatic carbocycles. The molecule has 2 saturated heterocycles. The number of amides is 1. The fraction of sp³-hybridized carbons (Fsp3) is 0.640. The maximum Gasteiger partial charge on any atom is 0.279 e. The van der Waals surface area contributed by atoms with Gasteiger partial charge in [0, 0.05) is 31.7 Å². The van der Waals surface area contributed by atoms with E-state index in [0.717, 1.165) is 24.8 Å². The number of carbonyl (C=O) groups excluding carboxylic acids is 1. The maximum atomic E-state index is 13.5. The zero-order valence-corrected chi connectivity index (χ0v) is 23.4. The number of hydrogen-bond acceptors (Lipinski definition) is 11. The Kier molecular flexibility index (Phi) is 6.40. The molecule has 15 heteroatoms. The van der Waals surface area contributed by atoms with Crippen LogP contribution >= 0.6 is 0 Å². The van der Waals surface area contributed by atoms with Gasteiger partial charge in [-0.15, -0.1) is 0 Å². The number of aliphatic hydroxyl groups excluding tert-OH is 1. The van der Waals surface area contributed by atoms with Crippen LogP contribution in [0.4, 0.5) is 0 Å². The normalized spacial score (nSPS) is 32.7. The number of para-hydroxylation sites is 1. The molecule has 2 fully saturated rings. The number of hydrogen-bond donors (Lipinski definition) is 6. The Morgan fingerprint density at radius 3 is 2.75 bits per heavy atom. The second kappa shape index (κ2) is 9.46. The molecule has 0 aromatic heterocycles. The summed E-state index contributed by atoms with van der Waals surface area (Å²) in [6.45, 7) is 5.74. The van der Waals surface area contributed by atoms with E-state index in [1.165, 1.54) is 4.31 Å². The highest BCUT2D eigenvalue weighted by Gasteiger charge is 2.65. The third kappa shape index (κ3) is 4.17. The molecule has 3 unspecified atom stereocenters. The minimum Gasteiger partial charge on any atom is -0.492 e. The average Bonchev–Trinajstić information content (AvgIpc) is 3.62. The van der Waals surface area contributed by atoms with E-state index >= 15 is 0 Å². The van der Waals surface area contributed by atoms with Crippen molar-refractivity contribution in [3.8, 4) is 5.75 Å². The molecule has 1 amide bonds. The topological polar surface area (TPSA) is 200 Å². The Morgan fingerprint density at radius 2 is 2.00 bits per heavy atom. The highest BCUT2D eigenvalue weighted by Crippen LogP contribution is 2.42. The van der Waals surface area contributed by atoms with Gasteiger partial charge in [-0.1, -0.05) is 26.0 Å². The van der Waals surface area contributed by atoms with E-state index in [9.17, 15) is 18.3 Å². The van der Waals surface area contributed by atoms with E-state index in [4.69, 9.17) is 16.2 Å². The minimum atomic E-state index is -3.70. The molecule has 5 atom stereocenters. The molecule has 8 N–H and O–H groups in total. The van der Waals surface area contributed by atoms with E-state index in [0.29, 0.717) is 31.0 Å². The Balaban J connectivity index is 1.24. The average molecular weight is 576 g/mol. The van der Waals surface area contributed by atoms with Crippen molar-refractivity contribution in [1.82, 2.24) is 24.6 Å². The van der Waals surface area contributed by atoms with Gasteiger partial charge in [-0.25, -0.2) is 9.98 Å². The summed E-state index contributed by atoms with van der Waals surface area (Å²) >= 11 is 0. The monoisotopic (exact) mass is 575 g/mol. The number of aliphatic imine (C=N–C) groups is 2. The van der Waals surface area contributed by atoms with Gasteiger partial charge in [0.05, 0.1) is 24.3 Å². The predicted molar refractivity (Wildman–Crippen MR) is 148 cm³/mol. The first kappa shape index (κ1) is 27.1. The Labute approximate surface area is 233 Å². The molecule has 5 aliphatic rings. The van der Waals surface area contributed by atoms with Gasteiger partial charge < -0.3 is 36.8 Å². The number of aliphatic hydroxyl groups is 1. The summed E-state index contributed by atoms with van der Waals surface area (Å²) in [5.74, 6) is 0.335. The number of benzene rings is 1. The van der Waals surface area contributed by atoms with Crippen LogP contribution in [0, 0.1) is 0 Å². The van der Waals surface area contributed by atoms with Gasteiger partial charge in [0.25, 0.3) is 16.1 Å². The van der Waals surface area contributed by atoms with Crippen molar-refractivity contribution >= 4 is 28.0 Å². The number of carbonyl (C=O) groups is 1. The highest BCUT2D eigenvalue weighted by atomic mass is 32.2. The highest BCUT2D eigenvalue weighted by molar-refractivity contribution is 7.87. The van der Waals surface area contributed by atoms with Crippen LogP contribution in [0.25, 0.3) is 0 Å². The van der Waals surface area contributed by atoms with Crippen LogP contribution < -0.4 is 31.6 Å². The molecule has 0 radical (unpaired) electrons. The summed E-state index contributed by atoms with van der Waals surface area (Å²) < 4.78 is 35.5. The molecule has 40 heavy (non-hydrogen) atoms. The molecule has 1 spiro atoms. The molecular weight excluding hydrogens is 538 g/mol. The van der Waals surface area contributed by atoms with E-state index in [1.807, 2.05) is 12.1 Å². The van der Waals surface area contributed by atoms with Gasteiger partial charge in [0.2, 0.25) is 0 Å². The summed E-state index contributed by atoms with van der Waals surface area (Å²) in [7, 11) is -3.70. The van der Waals surface area contributed by atoms with Gasteiger partial charge in [0.1, 0.15) is 17.9 Å². The molecule has 218 valence electrons. The first-order chi connectivity index (χ1) is 18.9. The van der Waals surface area contributed by atoms with E-state index in [2.05, 4.69) is 39.2 Å². The smallest absolute Gasteiger partial charge is 0.279 e. The van der Waals surface area contributed by atoms with Gasteiger partial charge >= 0.3 is 0 Å². The van der Waals surface area contributed by atoms with Crippen molar-refractivity contribution in [3.63, 3.8) is 0 Å². The van der Waals surface area contributed by atoms with E-state index < -0.39 is 40.1 Å². The maximum absolute atomic E-state index is 13.5. The number of nitrogens with two attached hydrogens (primary N) is 2. The fourth-order valence-electron chi connectivity index (χ4n) is 6.61. The lowest BCUT2D eigenvalue weighted by molar-refractivity contribution is 0.0147. The molecule has 0 bridgehead atoms. The lowest BCUT2D eigenvalue weighted by atomic mass is 9.79.